The van der Waals surface area contributed by atoms with Crippen LogP contribution in [0.15, 0.2) is 36.5 Å². The maximum Gasteiger partial charge on any atom is 0.275 e. The molecular formula is C17H21N5OS. The second kappa shape index (κ2) is 6.96. The third-order valence-electron chi connectivity index (χ3n) is 5.17. The first-order valence-electron chi connectivity index (χ1n) is 8.43. The Morgan fingerprint density at radius 3 is 2.71 bits per heavy atom. The molecular weight excluding hydrogens is 322 g/mol. The van der Waals surface area contributed by atoms with E-state index in [1.165, 1.54) is 5.56 Å². The molecule has 126 valence electrons. The Labute approximate surface area is 145 Å². The molecule has 1 aromatic carbocycles. The zero-order valence-corrected chi connectivity index (χ0v) is 14.2. The second-order valence-electron chi connectivity index (χ2n) is 6.49. The lowest BCUT2D eigenvalue weighted by Gasteiger charge is -2.36. The molecule has 2 aliphatic rings. The first-order valence-corrected chi connectivity index (χ1v) is 9.16. The smallest absolute Gasteiger partial charge is 0.275 e. The van der Waals surface area contributed by atoms with Crippen molar-refractivity contribution in [3.8, 4) is 0 Å². The van der Waals surface area contributed by atoms with Crippen LogP contribution >= 0.6 is 11.7 Å². The van der Waals surface area contributed by atoms with E-state index < -0.39 is 0 Å². The maximum absolute atomic E-state index is 12.4. The molecule has 2 unspecified atom stereocenters. The van der Waals surface area contributed by atoms with Crippen LogP contribution in [0.2, 0.25) is 0 Å². The van der Waals surface area contributed by atoms with Crippen LogP contribution in [-0.4, -0.2) is 45.2 Å². The van der Waals surface area contributed by atoms with Gasteiger partial charge in [0, 0.05) is 31.6 Å². The SMILES string of the molecule is O=C(c1cnsn1)N1CCC(C2NNCC2c2ccccc2)CC1. The van der Waals surface area contributed by atoms with Crippen LogP contribution in [0.25, 0.3) is 0 Å². The van der Waals surface area contributed by atoms with Crippen molar-refractivity contribution in [2.45, 2.75) is 24.8 Å². The molecule has 0 aliphatic carbocycles. The lowest BCUT2D eigenvalue weighted by Crippen LogP contribution is -2.45. The Bertz CT molecular complexity index is 670. The monoisotopic (exact) mass is 343 g/mol. The highest BCUT2D eigenvalue weighted by Gasteiger charge is 2.37. The molecule has 2 fully saturated rings. The van der Waals surface area contributed by atoms with Crippen molar-refractivity contribution in [1.29, 1.82) is 0 Å². The van der Waals surface area contributed by atoms with Crippen LogP contribution in [0, 0.1) is 5.92 Å². The average molecular weight is 343 g/mol. The number of benzene rings is 1. The Hall–Kier alpha value is -1.83. The van der Waals surface area contributed by atoms with Gasteiger partial charge in [0.25, 0.3) is 5.91 Å². The fourth-order valence-corrected chi connectivity index (χ4v) is 4.28. The summed E-state index contributed by atoms with van der Waals surface area (Å²) < 4.78 is 7.98. The largest absolute Gasteiger partial charge is 0.337 e. The summed E-state index contributed by atoms with van der Waals surface area (Å²) in [6.45, 7) is 2.54. The molecule has 2 aromatic rings. The number of rotatable bonds is 3. The fraction of sp³-hybridized carbons (Fsp3) is 0.471. The van der Waals surface area contributed by atoms with Crippen molar-refractivity contribution in [2.24, 2.45) is 5.92 Å². The van der Waals surface area contributed by atoms with E-state index in [1.807, 2.05) is 4.90 Å². The number of hydrogen-bond donors (Lipinski definition) is 2. The van der Waals surface area contributed by atoms with Gasteiger partial charge < -0.3 is 4.90 Å². The topological polar surface area (TPSA) is 70.2 Å². The van der Waals surface area contributed by atoms with Crippen LogP contribution in [0.4, 0.5) is 0 Å². The van der Waals surface area contributed by atoms with E-state index in [9.17, 15) is 4.79 Å². The highest BCUT2D eigenvalue weighted by Crippen LogP contribution is 2.32. The second-order valence-corrected chi connectivity index (χ2v) is 7.05. The van der Waals surface area contributed by atoms with E-state index in [4.69, 9.17) is 0 Å². The standard InChI is InChI=1S/C17H21N5OS/c23-17(15-11-19-24-21-15)22-8-6-13(7-9-22)16-14(10-18-20-16)12-4-2-1-3-5-12/h1-5,11,13-14,16,18,20H,6-10H2. The summed E-state index contributed by atoms with van der Waals surface area (Å²) in [6, 6.07) is 11.1. The van der Waals surface area contributed by atoms with Crippen molar-refractivity contribution < 1.29 is 4.79 Å². The lowest BCUT2D eigenvalue weighted by molar-refractivity contribution is 0.0665. The van der Waals surface area contributed by atoms with Crippen molar-refractivity contribution in [2.75, 3.05) is 19.6 Å². The molecule has 2 atom stereocenters. The summed E-state index contributed by atoms with van der Waals surface area (Å²) in [5.41, 5.74) is 8.65. The molecule has 24 heavy (non-hydrogen) atoms. The molecule has 7 heteroatoms. The van der Waals surface area contributed by atoms with Crippen molar-refractivity contribution in [3.63, 3.8) is 0 Å². The van der Waals surface area contributed by atoms with Gasteiger partial charge in [-0.05, 0) is 24.3 Å². The Morgan fingerprint density at radius 1 is 1.21 bits per heavy atom. The molecule has 2 saturated heterocycles. The summed E-state index contributed by atoms with van der Waals surface area (Å²) >= 11 is 1.09. The van der Waals surface area contributed by atoms with E-state index >= 15 is 0 Å². The highest BCUT2D eigenvalue weighted by atomic mass is 32.1. The van der Waals surface area contributed by atoms with Gasteiger partial charge in [0.05, 0.1) is 17.9 Å². The van der Waals surface area contributed by atoms with Crippen LogP contribution in [0.5, 0.6) is 0 Å². The minimum atomic E-state index is 0.0133. The fourth-order valence-electron chi connectivity index (χ4n) is 3.87. The number of piperidine rings is 1. The van der Waals surface area contributed by atoms with Crippen LogP contribution in [0.1, 0.15) is 34.8 Å². The normalized spacial score (nSPS) is 25.1. The Kier molecular flexibility index (Phi) is 4.55. The molecule has 0 bridgehead atoms. The Morgan fingerprint density at radius 2 is 2.00 bits per heavy atom. The number of hydrogen-bond acceptors (Lipinski definition) is 6. The molecule has 1 amide bonds. The molecule has 0 radical (unpaired) electrons. The summed E-state index contributed by atoms with van der Waals surface area (Å²) in [7, 11) is 0. The van der Waals surface area contributed by atoms with E-state index in [1.54, 1.807) is 6.20 Å². The van der Waals surface area contributed by atoms with Gasteiger partial charge >= 0.3 is 0 Å². The van der Waals surface area contributed by atoms with Gasteiger partial charge in [0.1, 0.15) is 0 Å². The summed E-state index contributed by atoms with van der Waals surface area (Å²) in [4.78, 5) is 14.3. The van der Waals surface area contributed by atoms with Gasteiger partial charge in [0.2, 0.25) is 0 Å². The average Bonchev–Trinajstić information content (AvgIpc) is 3.34. The molecule has 3 heterocycles. The van der Waals surface area contributed by atoms with Crippen LogP contribution in [0.3, 0.4) is 0 Å². The van der Waals surface area contributed by atoms with Crippen molar-refractivity contribution >= 4 is 17.6 Å². The predicted octanol–water partition coefficient (Wildman–Crippen LogP) is 1.65. The predicted molar refractivity (Wildman–Crippen MR) is 92.6 cm³/mol. The van der Waals surface area contributed by atoms with Gasteiger partial charge in [-0.25, -0.2) is 0 Å². The summed E-state index contributed by atoms with van der Waals surface area (Å²) in [5, 5.41) is 0. The molecule has 2 aliphatic heterocycles. The molecule has 4 rings (SSSR count). The minimum Gasteiger partial charge on any atom is -0.337 e. The molecule has 0 saturated carbocycles. The van der Waals surface area contributed by atoms with Gasteiger partial charge in [-0.3, -0.25) is 15.6 Å². The summed E-state index contributed by atoms with van der Waals surface area (Å²) in [6.07, 6.45) is 3.60. The number of nitrogens with one attached hydrogen (secondary N) is 2. The van der Waals surface area contributed by atoms with Gasteiger partial charge in [-0.15, -0.1) is 0 Å². The Balaban J connectivity index is 1.39. The quantitative estimate of drug-likeness (QED) is 0.887. The number of hydrazine groups is 1. The van der Waals surface area contributed by atoms with E-state index in [0.717, 1.165) is 44.2 Å². The lowest BCUT2D eigenvalue weighted by atomic mass is 9.80. The zero-order valence-electron chi connectivity index (χ0n) is 13.4. The third-order valence-corrected chi connectivity index (χ3v) is 5.65. The van der Waals surface area contributed by atoms with Gasteiger partial charge in [0.15, 0.2) is 5.69 Å². The first-order chi connectivity index (χ1) is 11.8. The van der Waals surface area contributed by atoms with Crippen LogP contribution < -0.4 is 10.9 Å². The number of carbonyl (C=O) groups excluding carboxylic acids is 1. The van der Waals surface area contributed by atoms with Crippen molar-refractivity contribution in [1.82, 2.24) is 24.5 Å². The number of likely N-dealkylation sites (tertiary alicyclic amines) is 1. The zero-order chi connectivity index (χ0) is 16.4. The van der Waals surface area contributed by atoms with Gasteiger partial charge in [-0.2, -0.15) is 8.75 Å². The van der Waals surface area contributed by atoms with Crippen molar-refractivity contribution in [3.05, 3.63) is 47.8 Å². The maximum atomic E-state index is 12.4. The first kappa shape index (κ1) is 15.7. The van der Waals surface area contributed by atoms with E-state index in [2.05, 4.69) is 49.9 Å². The molecule has 6 nitrogen and oxygen atoms in total. The van der Waals surface area contributed by atoms with Crippen LogP contribution in [-0.2, 0) is 0 Å². The highest BCUT2D eigenvalue weighted by molar-refractivity contribution is 6.99. The molecule has 1 aromatic heterocycles. The summed E-state index contributed by atoms with van der Waals surface area (Å²) in [5.74, 6) is 1.07. The van der Waals surface area contributed by atoms with Gasteiger partial charge in [-0.1, -0.05) is 30.3 Å². The number of aromatic nitrogens is 2. The van der Waals surface area contributed by atoms with E-state index in [-0.39, 0.29) is 5.91 Å². The number of amides is 1. The van der Waals surface area contributed by atoms with E-state index in [0.29, 0.717) is 23.6 Å². The third kappa shape index (κ3) is 3.07. The number of nitrogens with zero attached hydrogens (tertiary/aromatic N) is 3. The number of carbonyl (C=O) groups is 1. The molecule has 2 N–H and O–H groups in total. The minimum absolute atomic E-state index is 0.0133. The molecule has 0 spiro atoms.